The van der Waals surface area contributed by atoms with Gasteiger partial charge in [0, 0.05) is 19.2 Å². The lowest BCUT2D eigenvalue weighted by molar-refractivity contribution is 0.0527. The number of fused-ring (bicyclic) bond motifs is 1. The molecule has 0 aliphatic heterocycles. The van der Waals surface area contributed by atoms with Crippen LogP contribution in [0.1, 0.15) is 39.2 Å². The summed E-state index contributed by atoms with van der Waals surface area (Å²) in [5, 5.41) is 5.98. The van der Waals surface area contributed by atoms with E-state index in [2.05, 4.69) is 26.0 Å². The van der Waals surface area contributed by atoms with E-state index in [1.54, 1.807) is 7.11 Å². The summed E-state index contributed by atoms with van der Waals surface area (Å²) in [7, 11) is 1.62. The smallest absolute Gasteiger partial charge is 0.407 e. The summed E-state index contributed by atoms with van der Waals surface area (Å²) in [6, 6.07) is 3.74. The highest BCUT2D eigenvalue weighted by Crippen LogP contribution is 2.26. The van der Waals surface area contributed by atoms with Gasteiger partial charge in [0.2, 0.25) is 0 Å². The number of aryl methyl sites for hydroxylation is 1. The molecule has 5 N–H and O–H groups in total. The number of ether oxygens (including phenoxy) is 2. The van der Waals surface area contributed by atoms with Crippen LogP contribution >= 0.6 is 0 Å². The number of hydrogen-bond acceptors (Lipinski definition) is 8. The number of carbonyl (C=O) groups is 1. The van der Waals surface area contributed by atoms with Gasteiger partial charge in [0.1, 0.15) is 11.4 Å². The van der Waals surface area contributed by atoms with Gasteiger partial charge in [-0.15, -0.1) is 0 Å². The zero-order chi connectivity index (χ0) is 20.7. The van der Waals surface area contributed by atoms with Gasteiger partial charge in [-0.1, -0.05) is 0 Å². The molecule has 1 aromatic carbocycles. The predicted octanol–water partition coefficient (Wildman–Crippen LogP) is 2.95. The monoisotopic (exact) mass is 390 g/mol. The summed E-state index contributed by atoms with van der Waals surface area (Å²) in [4.78, 5) is 20.8. The molecule has 154 valence electrons. The van der Waals surface area contributed by atoms with E-state index < -0.39 is 11.7 Å². The minimum absolute atomic E-state index is 0.403. The Morgan fingerprint density at radius 1 is 1.14 bits per heavy atom. The number of benzene rings is 1. The van der Waals surface area contributed by atoms with Crippen molar-refractivity contribution in [2.24, 2.45) is 5.84 Å². The fourth-order valence-corrected chi connectivity index (χ4v) is 2.60. The van der Waals surface area contributed by atoms with Gasteiger partial charge in [0.15, 0.2) is 11.6 Å². The second-order valence-corrected chi connectivity index (χ2v) is 7.44. The summed E-state index contributed by atoms with van der Waals surface area (Å²) in [6.07, 6.45) is 1.22. The molecule has 0 fully saturated rings. The molecule has 0 radical (unpaired) electrons. The van der Waals surface area contributed by atoms with Crippen molar-refractivity contribution in [1.82, 2.24) is 15.3 Å². The molecule has 1 aromatic heterocycles. The van der Waals surface area contributed by atoms with Crippen molar-refractivity contribution in [3.05, 3.63) is 17.7 Å². The molecule has 0 saturated heterocycles. The quantitative estimate of drug-likeness (QED) is 0.308. The van der Waals surface area contributed by atoms with Crippen LogP contribution in [0.5, 0.6) is 5.75 Å². The second-order valence-electron chi connectivity index (χ2n) is 7.44. The molecule has 2 rings (SSSR count). The fraction of sp³-hybridized carbons (Fsp3) is 0.526. The number of aromatic nitrogens is 2. The van der Waals surface area contributed by atoms with Crippen molar-refractivity contribution in [3.63, 3.8) is 0 Å². The Bertz CT molecular complexity index is 819. The maximum Gasteiger partial charge on any atom is 0.407 e. The number of alkyl carbamates (subject to hydrolysis) is 1. The van der Waals surface area contributed by atoms with Crippen molar-refractivity contribution in [2.75, 3.05) is 30.9 Å². The first kappa shape index (κ1) is 21.5. The highest BCUT2D eigenvalue weighted by atomic mass is 16.6. The number of nitrogens with two attached hydrogens (primary N) is 1. The molecule has 0 spiro atoms. The minimum Gasteiger partial charge on any atom is -0.497 e. The summed E-state index contributed by atoms with van der Waals surface area (Å²) in [6.45, 7) is 8.65. The van der Waals surface area contributed by atoms with E-state index in [0.717, 1.165) is 35.2 Å². The molecular weight excluding hydrogens is 360 g/mol. The number of methoxy groups -OCH3 is 1. The van der Waals surface area contributed by atoms with Crippen LogP contribution in [0.15, 0.2) is 12.1 Å². The lowest BCUT2D eigenvalue weighted by atomic mass is 10.2. The Kier molecular flexibility index (Phi) is 7.22. The molecule has 0 bridgehead atoms. The van der Waals surface area contributed by atoms with Crippen molar-refractivity contribution < 1.29 is 14.3 Å². The average molecular weight is 390 g/mol. The lowest BCUT2D eigenvalue weighted by Crippen LogP contribution is -2.33. The summed E-state index contributed by atoms with van der Waals surface area (Å²) in [5.74, 6) is 7.38. The van der Waals surface area contributed by atoms with E-state index in [0.29, 0.717) is 24.7 Å². The third-order valence-electron chi connectivity index (χ3n) is 3.87. The average Bonchev–Trinajstić information content (AvgIpc) is 2.62. The van der Waals surface area contributed by atoms with Gasteiger partial charge in [-0.2, -0.15) is 0 Å². The van der Waals surface area contributed by atoms with E-state index in [4.69, 9.17) is 15.3 Å². The molecule has 28 heavy (non-hydrogen) atoms. The maximum absolute atomic E-state index is 11.6. The van der Waals surface area contributed by atoms with Gasteiger partial charge < -0.3 is 25.5 Å². The number of nitrogens with one attached hydrogen (secondary N) is 3. The highest BCUT2D eigenvalue weighted by Gasteiger charge is 2.15. The van der Waals surface area contributed by atoms with Crippen LogP contribution in [-0.2, 0) is 4.74 Å². The van der Waals surface area contributed by atoms with Gasteiger partial charge in [-0.3, -0.25) is 0 Å². The van der Waals surface area contributed by atoms with Gasteiger partial charge in [-0.25, -0.2) is 20.6 Å². The van der Waals surface area contributed by atoms with Crippen LogP contribution in [-0.4, -0.2) is 41.9 Å². The number of anilines is 2. The molecular formula is C19H30N6O3. The number of nitrogen functional groups attached to an aromatic ring is 1. The van der Waals surface area contributed by atoms with E-state index in [1.807, 2.05) is 39.8 Å². The summed E-state index contributed by atoms with van der Waals surface area (Å²) < 4.78 is 10.5. The highest BCUT2D eigenvalue weighted by molar-refractivity contribution is 5.84. The van der Waals surface area contributed by atoms with Crippen LogP contribution in [0.3, 0.4) is 0 Å². The summed E-state index contributed by atoms with van der Waals surface area (Å²) in [5.41, 5.74) is 4.55. The number of hydrogen-bond donors (Lipinski definition) is 4. The molecule has 0 unspecified atom stereocenters. The maximum atomic E-state index is 11.6. The Balaban J connectivity index is 1.90. The molecule has 0 saturated carbocycles. The van der Waals surface area contributed by atoms with Gasteiger partial charge in [0.25, 0.3) is 0 Å². The molecule has 0 aliphatic rings. The van der Waals surface area contributed by atoms with Crippen LogP contribution in [0.25, 0.3) is 11.0 Å². The first-order valence-electron chi connectivity index (χ1n) is 9.27. The second kappa shape index (κ2) is 9.41. The van der Waals surface area contributed by atoms with Crippen molar-refractivity contribution in [1.29, 1.82) is 0 Å². The Morgan fingerprint density at radius 3 is 2.50 bits per heavy atom. The molecule has 9 nitrogen and oxygen atoms in total. The number of unbranched alkanes of at least 4 members (excludes halogenated alkanes) is 1. The van der Waals surface area contributed by atoms with Crippen LogP contribution in [0.4, 0.5) is 16.4 Å². The SMILES string of the molecule is COc1cc(C)c2nc(NN)c(NCCCCNC(=O)OC(C)(C)C)nc2c1. The van der Waals surface area contributed by atoms with Crippen molar-refractivity contribution >= 4 is 28.8 Å². The van der Waals surface area contributed by atoms with E-state index in [9.17, 15) is 4.79 Å². The van der Waals surface area contributed by atoms with Crippen LogP contribution in [0.2, 0.25) is 0 Å². The normalized spacial score (nSPS) is 11.2. The number of rotatable bonds is 8. The van der Waals surface area contributed by atoms with Crippen LogP contribution in [0, 0.1) is 6.92 Å². The fourth-order valence-electron chi connectivity index (χ4n) is 2.60. The first-order chi connectivity index (χ1) is 13.2. The van der Waals surface area contributed by atoms with Crippen molar-refractivity contribution in [3.8, 4) is 5.75 Å². The topological polar surface area (TPSA) is 123 Å². The minimum atomic E-state index is -0.493. The third-order valence-corrected chi connectivity index (χ3v) is 3.87. The van der Waals surface area contributed by atoms with Gasteiger partial charge in [-0.05, 0) is 52.2 Å². The molecule has 0 aliphatic carbocycles. The number of carbonyl (C=O) groups excluding carboxylic acids is 1. The molecule has 2 aromatic rings. The van der Waals surface area contributed by atoms with E-state index >= 15 is 0 Å². The number of nitrogens with zero attached hydrogens (tertiary/aromatic N) is 2. The predicted molar refractivity (Wildman–Crippen MR) is 111 cm³/mol. The third kappa shape index (κ3) is 6.12. The standard InChI is InChI=1S/C19H30N6O3/c1-12-10-13(27-5)11-14-15(12)24-17(25-20)16(23-14)21-8-6-7-9-22-18(26)28-19(2,3)4/h10-11H,6-9,20H2,1-5H3,(H,21,23)(H,22,26)(H,24,25). The number of hydrazine groups is 1. The molecule has 1 amide bonds. The Morgan fingerprint density at radius 2 is 1.86 bits per heavy atom. The number of amides is 1. The van der Waals surface area contributed by atoms with E-state index in [-0.39, 0.29) is 0 Å². The summed E-state index contributed by atoms with van der Waals surface area (Å²) >= 11 is 0. The molecule has 9 heteroatoms. The zero-order valence-electron chi connectivity index (χ0n) is 17.2. The van der Waals surface area contributed by atoms with Gasteiger partial charge >= 0.3 is 6.09 Å². The van der Waals surface area contributed by atoms with Crippen molar-refractivity contribution in [2.45, 2.75) is 46.1 Å². The lowest BCUT2D eigenvalue weighted by Gasteiger charge is -2.19. The van der Waals surface area contributed by atoms with E-state index in [1.165, 1.54) is 0 Å². The molecule has 1 heterocycles. The van der Waals surface area contributed by atoms with Crippen LogP contribution < -0.4 is 26.6 Å². The zero-order valence-corrected chi connectivity index (χ0v) is 17.2. The first-order valence-corrected chi connectivity index (χ1v) is 9.27. The Hall–Kier alpha value is -2.81. The Labute approximate surface area is 165 Å². The molecule has 0 atom stereocenters. The largest absolute Gasteiger partial charge is 0.497 e. The van der Waals surface area contributed by atoms with Gasteiger partial charge in [0.05, 0.1) is 18.1 Å².